The number of esters is 2. The summed E-state index contributed by atoms with van der Waals surface area (Å²) in [7, 11) is -4.34. The summed E-state index contributed by atoms with van der Waals surface area (Å²) < 4.78 is 32.0. The van der Waals surface area contributed by atoms with Crippen LogP contribution in [0.5, 0.6) is 0 Å². The number of carbonyl (C=O) groups excluding carboxylic acids is 2. The van der Waals surface area contributed by atoms with Gasteiger partial charge < -0.3 is 20.1 Å². The first kappa shape index (κ1) is 34.8. The van der Waals surface area contributed by atoms with Crippen LogP contribution in [0, 0.1) is 0 Å². The molecule has 0 aromatic rings. The van der Waals surface area contributed by atoms with Crippen LogP contribution in [-0.4, -0.2) is 49.3 Å². The van der Waals surface area contributed by atoms with Crippen LogP contribution >= 0.6 is 7.82 Å². The van der Waals surface area contributed by atoms with E-state index in [1.54, 1.807) is 0 Å². The molecule has 0 aromatic heterocycles. The zero-order chi connectivity index (χ0) is 26.9. The molecule has 0 aromatic carbocycles. The number of phosphoric ester groups is 1. The van der Waals surface area contributed by atoms with Crippen LogP contribution in [0.4, 0.5) is 0 Å². The largest absolute Gasteiger partial charge is 0.472 e. The van der Waals surface area contributed by atoms with Crippen LogP contribution in [0.1, 0.15) is 110 Å². The Bertz CT molecular complexity index is 629. The lowest BCUT2D eigenvalue weighted by atomic mass is 10.1. The molecule has 0 radical (unpaired) electrons. The lowest BCUT2D eigenvalue weighted by molar-refractivity contribution is -0.161. The molecule has 0 aliphatic rings. The van der Waals surface area contributed by atoms with Gasteiger partial charge >= 0.3 is 19.8 Å². The van der Waals surface area contributed by atoms with Gasteiger partial charge in [0.05, 0.1) is 13.2 Å². The molecule has 3 N–H and O–H groups in total. The van der Waals surface area contributed by atoms with Crippen LogP contribution in [0.25, 0.3) is 0 Å². The lowest BCUT2D eigenvalue weighted by Crippen LogP contribution is -2.29. The van der Waals surface area contributed by atoms with Crippen molar-refractivity contribution in [2.45, 2.75) is 116 Å². The number of unbranched alkanes of at least 4 members (excludes halogenated alkanes) is 10. The molecule has 10 heteroatoms. The van der Waals surface area contributed by atoms with E-state index in [-0.39, 0.29) is 32.6 Å². The normalized spacial score (nSPS) is 14.0. The molecule has 0 fully saturated rings. The molecule has 0 aliphatic carbocycles. The number of allylic oxidation sites excluding steroid dienone is 2. The number of ether oxygens (including phenoxy) is 2. The molecule has 9 nitrogen and oxygen atoms in total. The summed E-state index contributed by atoms with van der Waals surface area (Å²) in [5.74, 6) is -0.872. The molecule has 2 atom stereocenters. The first-order chi connectivity index (χ1) is 17.3. The zero-order valence-electron chi connectivity index (χ0n) is 22.5. The van der Waals surface area contributed by atoms with Crippen molar-refractivity contribution in [1.29, 1.82) is 0 Å². The maximum absolute atomic E-state index is 12.3. The van der Waals surface area contributed by atoms with Crippen molar-refractivity contribution in [3.63, 3.8) is 0 Å². The van der Waals surface area contributed by atoms with E-state index < -0.39 is 32.5 Å². The first-order valence-corrected chi connectivity index (χ1v) is 15.2. The summed E-state index contributed by atoms with van der Waals surface area (Å²) in [5.41, 5.74) is 5.26. The van der Waals surface area contributed by atoms with Gasteiger partial charge in [0.2, 0.25) is 0 Å². The van der Waals surface area contributed by atoms with Crippen molar-refractivity contribution in [3.8, 4) is 0 Å². The summed E-state index contributed by atoms with van der Waals surface area (Å²) in [6, 6.07) is 0. The third kappa shape index (κ3) is 23.2. The second kappa shape index (κ2) is 24.1. The molecular formula is C26H50NO8P. The minimum absolute atomic E-state index is 0.0530. The van der Waals surface area contributed by atoms with E-state index in [0.717, 1.165) is 51.4 Å². The highest BCUT2D eigenvalue weighted by molar-refractivity contribution is 7.47. The van der Waals surface area contributed by atoms with Gasteiger partial charge in [-0.15, -0.1) is 0 Å². The standard InChI is InChI=1S/C26H50NO8P/c1-3-5-7-8-9-10-11-12-13-14-15-17-19-26(29)35-24(22-32-25(28)18-16-6-4-2)23-34-36(30,31)33-21-20-27/h9-10,24H,3-8,11-23,27H2,1-2H3,(H,30,31)/b10-9+/t24-/m1/s1. The number of rotatable bonds is 25. The third-order valence-corrected chi connectivity index (χ3v) is 6.39. The molecule has 0 rings (SSSR count). The highest BCUT2D eigenvalue weighted by Crippen LogP contribution is 2.43. The fraction of sp³-hybridized carbons (Fsp3) is 0.846. The molecule has 36 heavy (non-hydrogen) atoms. The van der Waals surface area contributed by atoms with Crippen molar-refractivity contribution >= 4 is 19.8 Å². The van der Waals surface area contributed by atoms with E-state index in [1.807, 2.05) is 6.92 Å². The first-order valence-electron chi connectivity index (χ1n) is 13.7. The number of phosphoric acid groups is 1. The van der Waals surface area contributed by atoms with E-state index >= 15 is 0 Å². The Balaban J connectivity index is 4.29. The Labute approximate surface area is 218 Å². The summed E-state index contributed by atoms with van der Waals surface area (Å²) in [6.45, 7) is 3.46. The smallest absolute Gasteiger partial charge is 0.462 e. The minimum Gasteiger partial charge on any atom is -0.462 e. The summed E-state index contributed by atoms with van der Waals surface area (Å²) in [6.07, 6.45) is 17.6. The topological polar surface area (TPSA) is 134 Å². The Hall–Kier alpha value is -1.25. The van der Waals surface area contributed by atoms with Crippen molar-refractivity contribution in [1.82, 2.24) is 0 Å². The number of carbonyl (C=O) groups is 2. The molecule has 0 saturated heterocycles. The third-order valence-electron chi connectivity index (χ3n) is 5.40. The molecule has 0 aliphatic heterocycles. The van der Waals surface area contributed by atoms with Gasteiger partial charge in [-0.05, 0) is 38.5 Å². The van der Waals surface area contributed by atoms with Crippen molar-refractivity contribution in [2.75, 3.05) is 26.4 Å². The second-order valence-electron chi connectivity index (χ2n) is 8.91. The molecule has 0 bridgehead atoms. The van der Waals surface area contributed by atoms with Crippen molar-refractivity contribution in [2.24, 2.45) is 5.73 Å². The van der Waals surface area contributed by atoms with E-state index in [1.165, 1.54) is 19.3 Å². The number of hydrogen-bond donors (Lipinski definition) is 2. The van der Waals surface area contributed by atoms with Crippen LogP contribution < -0.4 is 5.73 Å². The lowest BCUT2D eigenvalue weighted by Gasteiger charge is -2.19. The molecule has 0 amide bonds. The van der Waals surface area contributed by atoms with Gasteiger partial charge in [-0.25, -0.2) is 4.57 Å². The van der Waals surface area contributed by atoms with Crippen molar-refractivity contribution in [3.05, 3.63) is 12.2 Å². The SMILES string of the molecule is CCCCC/C=C/CCCCCCCC(=O)O[C@H](COC(=O)CCCCC)COP(=O)(O)OCCN. The summed E-state index contributed by atoms with van der Waals surface area (Å²) in [4.78, 5) is 33.9. The van der Waals surface area contributed by atoms with E-state index in [4.69, 9.17) is 19.7 Å². The van der Waals surface area contributed by atoms with Crippen LogP contribution in [0.2, 0.25) is 0 Å². The molecule has 212 valence electrons. The Kier molecular flexibility index (Phi) is 23.3. The van der Waals surface area contributed by atoms with Crippen LogP contribution in [-0.2, 0) is 32.7 Å². The van der Waals surface area contributed by atoms with Gasteiger partial charge in [0.1, 0.15) is 6.61 Å². The van der Waals surface area contributed by atoms with Gasteiger partial charge in [-0.1, -0.05) is 70.9 Å². The molecule has 0 saturated carbocycles. The van der Waals surface area contributed by atoms with Gasteiger partial charge in [0.15, 0.2) is 6.10 Å². The predicted molar refractivity (Wildman–Crippen MR) is 141 cm³/mol. The Morgan fingerprint density at radius 2 is 1.36 bits per heavy atom. The average Bonchev–Trinajstić information content (AvgIpc) is 2.85. The van der Waals surface area contributed by atoms with Crippen molar-refractivity contribution < 1.29 is 37.6 Å². The Morgan fingerprint density at radius 1 is 0.806 bits per heavy atom. The van der Waals surface area contributed by atoms with Gasteiger partial charge in [0, 0.05) is 19.4 Å². The fourth-order valence-corrected chi connectivity index (χ4v) is 4.10. The summed E-state index contributed by atoms with van der Waals surface area (Å²) >= 11 is 0. The quantitative estimate of drug-likeness (QED) is 0.0626. The van der Waals surface area contributed by atoms with Gasteiger partial charge in [0.25, 0.3) is 0 Å². The maximum atomic E-state index is 12.3. The second-order valence-corrected chi connectivity index (χ2v) is 10.4. The fourth-order valence-electron chi connectivity index (χ4n) is 3.33. The van der Waals surface area contributed by atoms with E-state index in [2.05, 4.69) is 23.6 Å². The molecular weight excluding hydrogens is 485 g/mol. The van der Waals surface area contributed by atoms with E-state index in [0.29, 0.717) is 12.8 Å². The predicted octanol–water partition coefficient (Wildman–Crippen LogP) is 5.98. The van der Waals surface area contributed by atoms with Gasteiger partial charge in [-0.2, -0.15) is 0 Å². The Morgan fingerprint density at radius 3 is 2.03 bits per heavy atom. The van der Waals surface area contributed by atoms with E-state index in [9.17, 15) is 19.0 Å². The highest BCUT2D eigenvalue weighted by Gasteiger charge is 2.25. The molecule has 1 unspecified atom stereocenters. The highest BCUT2D eigenvalue weighted by atomic mass is 31.2. The average molecular weight is 536 g/mol. The maximum Gasteiger partial charge on any atom is 0.472 e. The summed E-state index contributed by atoms with van der Waals surface area (Å²) in [5, 5.41) is 0. The number of nitrogens with two attached hydrogens (primary N) is 1. The van der Waals surface area contributed by atoms with Gasteiger partial charge in [-0.3, -0.25) is 18.6 Å². The van der Waals surface area contributed by atoms with Crippen LogP contribution in [0.15, 0.2) is 12.2 Å². The molecule has 0 spiro atoms. The molecule has 0 heterocycles. The monoisotopic (exact) mass is 535 g/mol. The number of hydrogen-bond acceptors (Lipinski definition) is 8. The van der Waals surface area contributed by atoms with Crippen LogP contribution in [0.3, 0.4) is 0 Å². The zero-order valence-corrected chi connectivity index (χ0v) is 23.4. The minimum atomic E-state index is -4.34.